The molecule has 2 aromatic carbocycles. The molecule has 0 fully saturated rings. The van der Waals surface area contributed by atoms with E-state index in [1.54, 1.807) is 4.72 Å². The number of alkyl halides is 3. The van der Waals surface area contributed by atoms with Gasteiger partial charge in [-0.3, -0.25) is 4.79 Å². The van der Waals surface area contributed by atoms with E-state index < -0.39 is 33.5 Å². The van der Waals surface area contributed by atoms with Crippen molar-refractivity contribution in [1.82, 2.24) is 4.72 Å². The van der Waals surface area contributed by atoms with Crippen molar-refractivity contribution in [2.75, 3.05) is 0 Å². The Bertz CT molecular complexity index is 954. The molecule has 138 valence electrons. The Kier molecular flexibility index (Phi) is 5.87. The van der Waals surface area contributed by atoms with Crippen LogP contribution in [0.5, 0.6) is 0 Å². The molecule has 0 unspecified atom stereocenters. The highest BCUT2D eigenvalue weighted by Gasteiger charge is 2.29. The van der Waals surface area contributed by atoms with Gasteiger partial charge in [0.2, 0.25) is 0 Å². The van der Waals surface area contributed by atoms with Gasteiger partial charge in [-0.15, -0.1) is 0 Å². The molecule has 2 rings (SSSR count). The molecule has 0 radical (unpaired) electrons. The fraction of sp³-hybridized carbons (Fsp3) is 0.0625. The number of carbonyl (C=O) groups is 1. The lowest BCUT2D eigenvalue weighted by Gasteiger charge is -2.06. The van der Waals surface area contributed by atoms with E-state index in [1.807, 2.05) is 0 Å². The summed E-state index contributed by atoms with van der Waals surface area (Å²) in [4.78, 5) is 12.0. The van der Waals surface area contributed by atoms with Crippen molar-refractivity contribution in [1.29, 1.82) is 0 Å². The molecular weight excluding hydrogens is 442 g/mol. The fourth-order valence-electron chi connectivity index (χ4n) is 1.84. The lowest BCUT2D eigenvalue weighted by Crippen LogP contribution is -2.29. The second kappa shape index (κ2) is 7.58. The molecule has 26 heavy (non-hydrogen) atoms. The molecule has 0 aliphatic carbocycles. The first-order chi connectivity index (χ1) is 12.0. The molecule has 0 spiro atoms. The second-order valence-electron chi connectivity index (χ2n) is 5.02. The van der Waals surface area contributed by atoms with Crippen LogP contribution in [-0.2, 0) is 16.2 Å². The van der Waals surface area contributed by atoms with Gasteiger partial charge in [0.15, 0.2) is 0 Å². The number of amides is 1. The van der Waals surface area contributed by atoms with Crippen molar-refractivity contribution in [2.24, 2.45) is 0 Å². The number of hydrogen-bond acceptors (Lipinski definition) is 3. The zero-order valence-corrected chi connectivity index (χ0v) is 15.1. The number of rotatable bonds is 4. The maximum Gasteiger partial charge on any atom is 0.416 e. The van der Waals surface area contributed by atoms with Crippen LogP contribution >= 0.6 is 15.9 Å². The largest absolute Gasteiger partial charge is 0.416 e. The normalized spacial score (nSPS) is 12.3. The Hall–Kier alpha value is -2.20. The van der Waals surface area contributed by atoms with Gasteiger partial charge in [0, 0.05) is 4.47 Å². The average Bonchev–Trinajstić information content (AvgIpc) is 2.52. The zero-order valence-electron chi connectivity index (χ0n) is 12.7. The number of sulfonamides is 1. The van der Waals surface area contributed by atoms with Gasteiger partial charge < -0.3 is 0 Å². The first-order valence-electron chi connectivity index (χ1n) is 6.85. The monoisotopic (exact) mass is 451 g/mol. The molecule has 0 atom stereocenters. The summed E-state index contributed by atoms with van der Waals surface area (Å²) in [6.07, 6.45) is -3.46. The van der Waals surface area contributed by atoms with Crippen molar-refractivity contribution in [3.8, 4) is 0 Å². The number of benzene rings is 2. The van der Waals surface area contributed by atoms with Crippen LogP contribution in [0.25, 0.3) is 6.08 Å². The van der Waals surface area contributed by atoms with Gasteiger partial charge in [0.05, 0.1) is 16.5 Å². The second-order valence-corrected chi connectivity index (χ2v) is 7.44. The van der Waals surface area contributed by atoms with Gasteiger partial charge in [-0.1, -0.05) is 12.1 Å². The molecule has 1 amide bonds. The van der Waals surface area contributed by atoms with E-state index in [1.165, 1.54) is 0 Å². The van der Waals surface area contributed by atoms with Crippen LogP contribution in [0.4, 0.5) is 17.6 Å². The van der Waals surface area contributed by atoms with Crippen LogP contribution in [0, 0.1) is 5.82 Å². The Morgan fingerprint density at radius 2 is 1.69 bits per heavy atom. The third-order valence-corrected chi connectivity index (χ3v) is 4.71. The maximum absolute atomic E-state index is 13.0. The smallest absolute Gasteiger partial charge is 0.268 e. The third-order valence-electron chi connectivity index (χ3n) is 3.09. The van der Waals surface area contributed by atoms with Crippen molar-refractivity contribution in [3.05, 3.63) is 74.9 Å². The highest BCUT2D eigenvalue weighted by Crippen LogP contribution is 2.29. The van der Waals surface area contributed by atoms with E-state index in [4.69, 9.17) is 0 Å². The van der Waals surface area contributed by atoms with E-state index >= 15 is 0 Å². The highest BCUT2D eigenvalue weighted by molar-refractivity contribution is 9.10. The molecule has 4 nitrogen and oxygen atoms in total. The molecule has 0 bridgehead atoms. The first kappa shape index (κ1) is 20.1. The van der Waals surface area contributed by atoms with Crippen LogP contribution in [0.1, 0.15) is 21.5 Å². The number of hydrogen-bond donors (Lipinski definition) is 1. The van der Waals surface area contributed by atoms with Crippen LogP contribution in [-0.4, -0.2) is 14.3 Å². The van der Waals surface area contributed by atoms with Crippen molar-refractivity contribution in [2.45, 2.75) is 6.18 Å². The summed E-state index contributed by atoms with van der Waals surface area (Å²) in [5, 5.41) is 0.644. The third kappa shape index (κ3) is 5.40. The summed E-state index contributed by atoms with van der Waals surface area (Å²) >= 11 is 2.95. The van der Waals surface area contributed by atoms with E-state index in [9.17, 15) is 30.8 Å². The van der Waals surface area contributed by atoms with Crippen LogP contribution < -0.4 is 4.72 Å². The number of nitrogens with one attached hydrogen (secondary N) is 1. The molecule has 0 heterocycles. The minimum absolute atomic E-state index is 0.0666. The summed E-state index contributed by atoms with van der Waals surface area (Å²) in [6.45, 7) is 0. The molecule has 10 heteroatoms. The zero-order chi connectivity index (χ0) is 19.5. The predicted octanol–water partition coefficient (Wildman–Crippen LogP) is 4.34. The summed E-state index contributed by atoms with van der Waals surface area (Å²) in [5.74, 6) is -1.60. The molecule has 0 aliphatic heterocycles. The van der Waals surface area contributed by atoms with Gasteiger partial charge >= 0.3 is 6.18 Å². The van der Waals surface area contributed by atoms with Crippen LogP contribution in [0.3, 0.4) is 0 Å². The topological polar surface area (TPSA) is 63.2 Å². The molecular formula is C16H10BrF4NO3S. The van der Waals surface area contributed by atoms with Gasteiger partial charge in [-0.05, 0) is 57.9 Å². The van der Waals surface area contributed by atoms with E-state index in [-0.39, 0.29) is 15.6 Å². The number of carbonyl (C=O) groups excluding carboxylic acids is 1. The van der Waals surface area contributed by atoms with Crippen LogP contribution in [0.15, 0.2) is 52.3 Å². The van der Waals surface area contributed by atoms with Gasteiger partial charge in [-0.25, -0.2) is 17.5 Å². The SMILES string of the molecule is O=C(NS(=O)(=O)C=Cc1ccc(C(F)(F)F)cc1)c1ccc(F)cc1Br. The number of halogens is 5. The van der Waals surface area contributed by atoms with E-state index in [0.717, 1.165) is 48.5 Å². The minimum Gasteiger partial charge on any atom is -0.268 e. The Balaban J connectivity index is 2.12. The van der Waals surface area contributed by atoms with Crippen molar-refractivity contribution in [3.63, 3.8) is 0 Å². The lowest BCUT2D eigenvalue weighted by molar-refractivity contribution is -0.137. The maximum atomic E-state index is 13.0. The Morgan fingerprint density at radius 1 is 1.08 bits per heavy atom. The molecule has 0 aliphatic rings. The van der Waals surface area contributed by atoms with Crippen LogP contribution in [0.2, 0.25) is 0 Å². The first-order valence-corrected chi connectivity index (χ1v) is 9.19. The lowest BCUT2D eigenvalue weighted by atomic mass is 10.1. The molecule has 2 aromatic rings. The van der Waals surface area contributed by atoms with Gasteiger partial charge in [0.25, 0.3) is 15.9 Å². The summed E-state index contributed by atoms with van der Waals surface area (Å²) in [7, 11) is -4.21. The van der Waals surface area contributed by atoms with E-state index in [0.29, 0.717) is 5.41 Å². The standard InChI is InChI=1S/C16H10BrF4NO3S/c17-14-9-12(18)5-6-13(14)15(23)22-26(24,25)8-7-10-1-3-11(4-2-10)16(19,20)21/h1-9H,(H,22,23). The average molecular weight is 452 g/mol. The molecule has 1 N–H and O–H groups in total. The minimum atomic E-state index is -4.50. The summed E-state index contributed by atoms with van der Waals surface area (Å²) < 4.78 is 76.0. The van der Waals surface area contributed by atoms with Gasteiger partial charge in [0.1, 0.15) is 5.82 Å². The Labute approximate surface area is 154 Å². The van der Waals surface area contributed by atoms with Gasteiger partial charge in [-0.2, -0.15) is 13.2 Å². The quantitative estimate of drug-likeness (QED) is 0.703. The highest BCUT2D eigenvalue weighted by atomic mass is 79.9. The molecule has 0 saturated carbocycles. The summed E-state index contributed by atoms with van der Waals surface area (Å²) in [6, 6.07) is 6.88. The molecule has 0 aromatic heterocycles. The Morgan fingerprint density at radius 3 is 2.23 bits per heavy atom. The molecule has 0 saturated heterocycles. The summed E-state index contributed by atoms with van der Waals surface area (Å²) in [5.41, 5.74) is -0.774. The fourth-order valence-corrected chi connectivity index (χ4v) is 3.15. The van der Waals surface area contributed by atoms with E-state index in [2.05, 4.69) is 15.9 Å². The van der Waals surface area contributed by atoms with Crippen molar-refractivity contribution < 1.29 is 30.8 Å². The van der Waals surface area contributed by atoms with Crippen molar-refractivity contribution >= 4 is 37.9 Å². The predicted molar refractivity (Wildman–Crippen MR) is 91.0 cm³/mol.